The predicted octanol–water partition coefficient (Wildman–Crippen LogP) is 3.08. The lowest BCUT2D eigenvalue weighted by atomic mass is 9.98. The Labute approximate surface area is 96.9 Å². The van der Waals surface area contributed by atoms with Crippen molar-refractivity contribution in [3.8, 4) is 0 Å². The summed E-state index contributed by atoms with van der Waals surface area (Å²) in [6.07, 6.45) is 4.03. The van der Waals surface area contributed by atoms with Crippen molar-refractivity contribution in [2.24, 2.45) is 11.7 Å². The van der Waals surface area contributed by atoms with E-state index in [9.17, 15) is 0 Å². The number of H-pyrrole nitrogens is 1. The topological polar surface area (TPSA) is 41.8 Å². The third kappa shape index (κ3) is 2.64. The highest BCUT2D eigenvalue weighted by molar-refractivity contribution is 5.79. The summed E-state index contributed by atoms with van der Waals surface area (Å²) in [5.41, 5.74) is 8.64. The predicted molar refractivity (Wildman–Crippen MR) is 69.4 cm³/mol. The van der Waals surface area contributed by atoms with Crippen LogP contribution in [0.3, 0.4) is 0 Å². The van der Waals surface area contributed by atoms with Gasteiger partial charge in [0.2, 0.25) is 0 Å². The number of hydrogen-bond acceptors (Lipinski definition) is 1. The Morgan fingerprint density at radius 3 is 2.81 bits per heavy atom. The molecule has 0 radical (unpaired) electrons. The molecule has 2 nitrogen and oxygen atoms in total. The fraction of sp³-hybridized carbons (Fsp3) is 0.429. The van der Waals surface area contributed by atoms with E-state index in [1.165, 1.54) is 16.5 Å². The molecule has 2 rings (SSSR count). The summed E-state index contributed by atoms with van der Waals surface area (Å²) in [6, 6.07) is 8.90. The third-order valence-electron chi connectivity index (χ3n) is 2.89. The fourth-order valence-corrected chi connectivity index (χ4v) is 2.21. The van der Waals surface area contributed by atoms with Gasteiger partial charge in [-0.05, 0) is 41.8 Å². The Bertz CT molecular complexity index is 456. The number of aromatic amines is 1. The molecule has 0 saturated carbocycles. The first-order valence-corrected chi connectivity index (χ1v) is 5.97. The molecule has 1 aromatic heterocycles. The molecular formula is C14H20N2. The summed E-state index contributed by atoms with van der Waals surface area (Å²) in [6.45, 7) is 4.43. The highest BCUT2D eigenvalue weighted by atomic mass is 14.7. The van der Waals surface area contributed by atoms with Gasteiger partial charge in [-0.3, -0.25) is 0 Å². The van der Waals surface area contributed by atoms with Crippen molar-refractivity contribution in [1.82, 2.24) is 4.98 Å². The minimum absolute atomic E-state index is 0.271. The van der Waals surface area contributed by atoms with Crippen LogP contribution in [0.1, 0.15) is 25.8 Å². The van der Waals surface area contributed by atoms with Crippen LogP contribution in [0.5, 0.6) is 0 Å². The van der Waals surface area contributed by atoms with Crippen molar-refractivity contribution < 1.29 is 0 Å². The number of nitrogens with two attached hydrogens (primary N) is 1. The lowest BCUT2D eigenvalue weighted by Crippen LogP contribution is -2.24. The molecule has 2 aromatic rings. The van der Waals surface area contributed by atoms with Gasteiger partial charge in [0, 0.05) is 17.8 Å². The second-order valence-electron chi connectivity index (χ2n) is 4.99. The second-order valence-corrected chi connectivity index (χ2v) is 4.99. The van der Waals surface area contributed by atoms with E-state index in [1.807, 2.05) is 6.20 Å². The first kappa shape index (κ1) is 11.2. The maximum atomic E-state index is 6.12. The van der Waals surface area contributed by atoms with E-state index in [2.05, 4.69) is 43.1 Å². The van der Waals surface area contributed by atoms with Crippen molar-refractivity contribution in [1.29, 1.82) is 0 Å². The Kier molecular flexibility index (Phi) is 3.30. The van der Waals surface area contributed by atoms with Gasteiger partial charge in [-0.25, -0.2) is 0 Å². The van der Waals surface area contributed by atoms with Gasteiger partial charge in [0.15, 0.2) is 0 Å². The number of aromatic nitrogens is 1. The van der Waals surface area contributed by atoms with E-state index >= 15 is 0 Å². The number of nitrogens with one attached hydrogen (secondary N) is 1. The molecule has 0 spiro atoms. The molecule has 0 aliphatic carbocycles. The van der Waals surface area contributed by atoms with Crippen LogP contribution < -0.4 is 5.73 Å². The summed E-state index contributed by atoms with van der Waals surface area (Å²) >= 11 is 0. The Morgan fingerprint density at radius 2 is 2.06 bits per heavy atom. The minimum Gasteiger partial charge on any atom is -0.361 e. The molecule has 1 unspecified atom stereocenters. The van der Waals surface area contributed by atoms with Gasteiger partial charge in [-0.2, -0.15) is 0 Å². The standard InChI is InChI=1S/C14H20N2/c1-10(2)7-13(15)8-11-3-4-12-5-6-16-14(12)9-11/h3-6,9-10,13,16H,7-8,15H2,1-2H3. The van der Waals surface area contributed by atoms with E-state index in [1.54, 1.807) is 0 Å². The highest BCUT2D eigenvalue weighted by Gasteiger charge is 2.07. The quantitative estimate of drug-likeness (QED) is 0.810. The summed E-state index contributed by atoms with van der Waals surface area (Å²) in [5, 5.41) is 1.26. The van der Waals surface area contributed by atoms with Crippen LogP contribution in [-0.2, 0) is 6.42 Å². The minimum atomic E-state index is 0.271. The van der Waals surface area contributed by atoms with Gasteiger partial charge in [0.1, 0.15) is 0 Å². The summed E-state index contributed by atoms with van der Waals surface area (Å²) in [4.78, 5) is 3.23. The molecule has 0 saturated heterocycles. The highest BCUT2D eigenvalue weighted by Crippen LogP contribution is 2.16. The van der Waals surface area contributed by atoms with Crippen LogP contribution in [0, 0.1) is 5.92 Å². The van der Waals surface area contributed by atoms with Gasteiger partial charge in [-0.15, -0.1) is 0 Å². The van der Waals surface area contributed by atoms with Crippen molar-refractivity contribution in [2.45, 2.75) is 32.7 Å². The molecule has 0 bridgehead atoms. The average Bonchev–Trinajstić information content (AvgIpc) is 2.63. The molecule has 0 amide bonds. The molecule has 1 aromatic carbocycles. The molecule has 1 atom stereocenters. The lowest BCUT2D eigenvalue weighted by molar-refractivity contribution is 0.493. The van der Waals surface area contributed by atoms with Gasteiger partial charge in [0.05, 0.1) is 0 Å². The van der Waals surface area contributed by atoms with Gasteiger partial charge in [0.25, 0.3) is 0 Å². The molecule has 16 heavy (non-hydrogen) atoms. The lowest BCUT2D eigenvalue weighted by Gasteiger charge is -2.13. The first-order valence-electron chi connectivity index (χ1n) is 5.97. The van der Waals surface area contributed by atoms with E-state index in [0.717, 1.165) is 12.8 Å². The summed E-state index contributed by atoms with van der Waals surface area (Å²) in [5.74, 6) is 0.671. The average molecular weight is 216 g/mol. The zero-order valence-corrected chi connectivity index (χ0v) is 10.0. The smallest absolute Gasteiger partial charge is 0.0456 e. The molecular weight excluding hydrogens is 196 g/mol. The molecule has 2 heteroatoms. The maximum absolute atomic E-state index is 6.12. The van der Waals surface area contributed by atoms with Crippen LogP contribution in [0.4, 0.5) is 0 Å². The van der Waals surface area contributed by atoms with Crippen LogP contribution in [-0.4, -0.2) is 11.0 Å². The van der Waals surface area contributed by atoms with Crippen molar-refractivity contribution >= 4 is 10.9 Å². The molecule has 0 aliphatic heterocycles. The molecule has 3 N–H and O–H groups in total. The molecule has 86 valence electrons. The van der Waals surface area contributed by atoms with E-state index in [4.69, 9.17) is 5.73 Å². The van der Waals surface area contributed by atoms with E-state index in [0.29, 0.717) is 5.92 Å². The second kappa shape index (κ2) is 4.71. The fourth-order valence-electron chi connectivity index (χ4n) is 2.21. The van der Waals surface area contributed by atoms with E-state index < -0.39 is 0 Å². The Hall–Kier alpha value is -1.28. The zero-order valence-electron chi connectivity index (χ0n) is 10.0. The number of benzene rings is 1. The SMILES string of the molecule is CC(C)CC(N)Cc1ccc2cc[nH]c2c1. The van der Waals surface area contributed by atoms with Crippen LogP contribution in [0.15, 0.2) is 30.5 Å². The van der Waals surface area contributed by atoms with Crippen LogP contribution >= 0.6 is 0 Å². The molecule has 1 heterocycles. The van der Waals surface area contributed by atoms with Crippen molar-refractivity contribution in [3.05, 3.63) is 36.0 Å². The van der Waals surface area contributed by atoms with Crippen LogP contribution in [0.2, 0.25) is 0 Å². The largest absolute Gasteiger partial charge is 0.361 e. The van der Waals surface area contributed by atoms with Crippen molar-refractivity contribution in [3.63, 3.8) is 0 Å². The van der Waals surface area contributed by atoms with Crippen LogP contribution in [0.25, 0.3) is 10.9 Å². The summed E-state index contributed by atoms with van der Waals surface area (Å²) < 4.78 is 0. The van der Waals surface area contributed by atoms with Gasteiger partial charge in [-0.1, -0.05) is 26.0 Å². The normalized spacial score (nSPS) is 13.5. The number of hydrogen-bond donors (Lipinski definition) is 2. The molecule has 0 fully saturated rings. The number of rotatable bonds is 4. The number of fused-ring (bicyclic) bond motifs is 1. The van der Waals surface area contributed by atoms with Gasteiger partial charge >= 0.3 is 0 Å². The summed E-state index contributed by atoms with van der Waals surface area (Å²) in [7, 11) is 0. The Balaban J connectivity index is 2.08. The first-order chi connectivity index (χ1) is 7.65. The Morgan fingerprint density at radius 1 is 1.25 bits per heavy atom. The van der Waals surface area contributed by atoms with E-state index in [-0.39, 0.29) is 6.04 Å². The zero-order chi connectivity index (χ0) is 11.5. The monoisotopic (exact) mass is 216 g/mol. The van der Waals surface area contributed by atoms with Gasteiger partial charge < -0.3 is 10.7 Å². The third-order valence-corrected chi connectivity index (χ3v) is 2.89. The van der Waals surface area contributed by atoms with Crippen molar-refractivity contribution in [2.75, 3.05) is 0 Å². The maximum Gasteiger partial charge on any atom is 0.0456 e. The molecule has 0 aliphatic rings.